The number of halogens is 2. The third-order valence-electron chi connectivity index (χ3n) is 7.02. The fourth-order valence-electron chi connectivity index (χ4n) is 4.89. The van der Waals surface area contributed by atoms with Gasteiger partial charge in [-0.15, -0.1) is 0 Å². The number of nitrogens with zero attached hydrogens (tertiary/aromatic N) is 4. The van der Waals surface area contributed by atoms with Crippen LogP contribution in [-0.2, 0) is 16.0 Å². The number of carbonyl (C=O) groups excluding carboxylic acids is 1. The van der Waals surface area contributed by atoms with E-state index in [1.807, 2.05) is 4.90 Å². The Morgan fingerprint density at radius 1 is 1.08 bits per heavy atom. The van der Waals surface area contributed by atoms with E-state index in [1.54, 1.807) is 24.1 Å². The molecule has 1 aromatic heterocycles. The van der Waals surface area contributed by atoms with E-state index in [-0.39, 0.29) is 52.8 Å². The van der Waals surface area contributed by atoms with E-state index in [0.29, 0.717) is 51.1 Å². The van der Waals surface area contributed by atoms with Crippen molar-refractivity contribution in [3.63, 3.8) is 0 Å². The second-order valence-corrected chi connectivity index (χ2v) is 9.33. The van der Waals surface area contributed by atoms with Crippen molar-refractivity contribution in [2.75, 3.05) is 71.3 Å². The predicted octanol–water partition coefficient (Wildman–Crippen LogP) is 2.48. The fourth-order valence-corrected chi connectivity index (χ4v) is 4.89. The SMILES string of the molecule is COCC(CN)c1cc(F)ccc1CCC(=O)N1CCN(c2nc(N)c3cc(OC)c(OC)c(F)c3n2)CC1. The zero-order valence-corrected chi connectivity index (χ0v) is 22.4. The van der Waals surface area contributed by atoms with Gasteiger partial charge in [0, 0.05) is 57.6 Å². The summed E-state index contributed by atoms with van der Waals surface area (Å²) in [4.78, 5) is 25.4. The zero-order valence-electron chi connectivity index (χ0n) is 22.4. The maximum Gasteiger partial charge on any atom is 0.228 e. The number of methoxy groups -OCH3 is 3. The zero-order chi connectivity index (χ0) is 28.1. The first-order valence-electron chi connectivity index (χ1n) is 12.7. The molecule has 1 aliphatic rings. The number of nitrogens with two attached hydrogens (primary N) is 2. The monoisotopic (exact) mass is 544 g/mol. The van der Waals surface area contributed by atoms with E-state index in [2.05, 4.69) is 9.97 Å². The molecule has 1 unspecified atom stereocenters. The highest BCUT2D eigenvalue weighted by Crippen LogP contribution is 2.37. The summed E-state index contributed by atoms with van der Waals surface area (Å²) in [6.07, 6.45) is 0.735. The number of aryl methyl sites for hydroxylation is 1. The van der Waals surface area contributed by atoms with Crippen molar-refractivity contribution in [1.29, 1.82) is 0 Å². The lowest BCUT2D eigenvalue weighted by Crippen LogP contribution is -2.49. The summed E-state index contributed by atoms with van der Waals surface area (Å²) in [5.41, 5.74) is 13.7. The van der Waals surface area contributed by atoms with Gasteiger partial charge in [-0.1, -0.05) is 6.07 Å². The van der Waals surface area contributed by atoms with E-state index in [9.17, 15) is 9.18 Å². The molecule has 2 heterocycles. The van der Waals surface area contributed by atoms with Crippen molar-refractivity contribution in [3.8, 4) is 11.5 Å². The molecule has 2 aromatic carbocycles. The first-order valence-corrected chi connectivity index (χ1v) is 12.7. The van der Waals surface area contributed by atoms with Crippen LogP contribution < -0.4 is 25.8 Å². The molecule has 1 saturated heterocycles. The number of hydrogen-bond acceptors (Lipinski definition) is 9. The number of rotatable bonds is 10. The largest absolute Gasteiger partial charge is 0.493 e. The highest BCUT2D eigenvalue weighted by Gasteiger charge is 2.26. The van der Waals surface area contributed by atoms with E-state index in [1.165, 1.54) is 26.4 Å². The van der Waals surface area contributed by atoms with E-state index in [4.69, 9.17) is 25.7 Å². The van der Waals surface area contributed by atoms with Crippen molar-refractivity contribution in [1.82, 2.24) is 14.9 Å². The van der Waals surface area contributed by atoms with Crippen LogP contribution in [0.1, 0.15) is 23.5 Å². The molecule has 10 nitrogen and oxygen atoms in total. The van der Waals surface area contributed by atoms with Crippen LogP contribution in [0.25, 0.3) is 10.9 Å². The Kier molecular flexibility index (Phi) is 8.97. The van der Waals surface area contributed by atoms with Gasteiger partial charge in [-0.3, -0.25) is 4.79 Å². The smallest absolute Gasteiger partial charge is 0.228 e. The van der Waals surface area contributed by atoms with Crippen LogP contribution in [0.2, 0.25) is 0 Å². The first kappa shape index (κ1) is 28.2. The number of hydrogen-bond donors (Lipinski definition) is 2. The topological polar surface area (TPSA) is 129 Å². The maximum atomic E-state index is 15.1. The van der Waals surface area contributed by atoms with Crippen molar-refractivity contribution in [3.05, 3.63) is 47.0 Å². The molecule has 1 amide bonds. The molecule has 0 bridgehead atoms. The molecule has 4 N–H and O–H groups in total. The summed E-state index contributed by atoms with van der Waals surface area (Å²) in [5, 5.41) is 0.324. The third kappa shape index (κ3) is 5.96. The molecule has 210 valence electrons. The highest BCUT2D eigenvalue weighted by molar-refractivity contribution is 5.92. The average Bonchev–Trinajstić information content (AvgIpc) is 2.95. The van der Waals surface area contributed by atoms with Gasteiger partial charge in [-0.2, -0.15) is 4.98 Å². The van der Waals surface area contributed by atoms with E-state index in [0.717, 1.165) is 11.1 Å². The Hall–Kier alpha value is -3.77. The summed E-state index contributed by atoms with van der Waals surface area (Å²) >= 11 is 0. The summed E-state index contributed by atoms with van der Waals surface area (Å²) in [7, 11) is 4.33. The van der Waals surface area contributed by atoms with Crippen LogP contribution in [0.4, 0.5) is 20.5 Å². The number of aromatic nitrogens is 2. The van der Waals surface area contributed by atoms with Crippen LogP contribution in [0.15, 0.2) is 24.3 Å². The van der Waals surface area contributed by atoms with Gasteiger partial charge in [0.1, 0.15) is 17.2 Å². The standard InChI is InChI=1S/C27H34F2N6O4/c1-37-15-17(14-30)19-12-18(28)6-4-16(19)5-7-22(36)34-8-10-35(11-9-34)27-32-24-20(26(31)33-27)13-21(38-2)25(39-3)23(24)29/h4,6,12-13,17H,5,7-11,14-15,30H2,1-3H3,(H2,31,32,33). The number of piperazine rings is 1. The summed E-state index contributed by atoms with van der Waals surface area (Å²) in [5.74, 6) is -0.662. The molecule has 1 atom stereocenters. The molecular weight excluding hydrogens is 510 g/mol. The molecule has 1 fully saturated rings. The minimum Gasteiger partial charge on any atom is -0.493 e. The van der Waals surface area contributed by atoms with Crippen LogP contribution in [0.5, 0.6) is 11.5 Å². The Morgan fingerprint density at radius 2 is 1.82 bits per heavy atom. The summed E-state index contributed by atoms with van der Waals surface area (Å²) < 4.78 is 44.7. The molecule has 0 spiro atoms. The van der Waals surface area contributed by atoms with Gasteiger partial charge in [0.2, 0.25) is 11.9 Å². The van der Waals surface area contributed by atoms with Crippen LogP contribution in [-0.4, -0.2) is 81.4 Å². The second kappa shape index (κ2) is 12.4. The summed E-state index contributed by atoms with van der Waals surface area (Å²) in [6, 6.07) is 6.12. The molecule has 4 rings (SSSR count). The third-order valence-corrected chi connectivity index (χ3v) is 7.02. The molecule has 1 aliphatic heterocycles. The van der Waals surface area contributed by atoms with Gasteiger partial charge < -0.3 is 35.5 Å². The van der Waals surface area contributed by atoms with Crippen molar-refractivity contribution in [2.45, 2.75) is 18.8 Å². The number of ether oxygens (including phenoxy) is 3. The lowest BCUT2D eigenvalue weighted by Gasteiger charge is -2.35. The Labute approximate surface area is 225 Å². The minimum atomic E-state index is -0.682. The van der Waals surface area contributed by atoms with Gasteiger partial charge in [-0.05, 0) is 35.7 Å². The molecular formula is C27H34F2N6O4. The molecule has 0 radical (unpaired) electrons. The Bertz CT molecular complexity index is 1330. The Balaban J connectivity index is 1.43. The van der Waals surface area contributed by atoms with Gasteiger partial charge in [0.15, 0.2) is 17.3 Å². The molecule has 0 aliphatic carbocycles. The lowest BCUT2D eigenvalue weighted by molar-refractivity contribution is -0.131. The Morgan fingerprint density at radius 3 is 2.46 bits per heavy atom. The van der Waals surface area contributed by atoms with Crippen molar-refractivity contribution < 1.29 is 27.8 Å². The molecule has 3 aromatic rings. The van der Waals surface area contributed by atoms with Crippen LogP contribution >= 0.6 is 0 Å². The van der Waals surface area contributed by atoms with E-state index < -0.39 is 5.82 Å². The lowest BCUT2D eigenvalue weighted by atomic mass is 9.92. The molecule has 0 saturated carbocycles. The first-order chi connectivity index (χ1) is 18.8. The van der Waals surface area contributed by atoms with Gasteiger partial charge in [-0.25, -0.2) is 13.8 Å². The van der Waals surface area contributed by atoms with Crippen LogP contribution in [0.3, 0.4) is 0 Å². The average molecular weight is 545 g/mol. The molecule has 12 heteroatoms. The minimum absolute atomic E-state index is 0.0113. The normalized spacial score (nSPS) is 14.5. The number of amides is 1. The number of carbonyl (C=O) groups is 1. The quantitative estimate of drug-likeness (QED) is 0.395. The highest BCUT2D eigenvalue weighted by atomic mass is 19.1. The van der Waals surface area contributed by atoms with Gasteiger partial charge in [0.25, 0.3) is 0 Å². The van der Waals surface area contributed by atoms with Crippen molar-refractivity contribution >= 4 is 28.6 Å². The maximum absolute atomic E-state index is 15.1. The van der Waals surface area contributed by atoms with E-state index >= 15 is 4.39 Å². The van der Waals surface area contributed by atoms with Gasteiger partial charge >= 0.3 is 0 Å². The number of anilines is 2. The molecule has 39 heavy (non-hydrogen) atoms. The number of fused-ring (bicyclic) bond motifs is 1. The van der Waals surface area contributed by atoms with Crippen molar-refractivity contribution in [2.24, 2.45) is 5.73 Å². The van der Waals surface area contributed by atoms with Gasteiger partial charge in [0.05, 0.1) is 20.8 Å². The number of benzene rings is 2. The second-order valence-electron chi connectivity index (χ2n) is 9.33. The fraction of sp³-hybridized carbons (Fsp3) is 0.444. The summed E-state index contributed by atoms with van der Waals surface area (Å²) in [6.45, 7) is 2.48. The number of nitrogen functional groups attached to an aromatic ring is 1. The predicted molar refractivity (Wildman–Crippen MR) is 144 cm³/mol. The van der Waals surface area contributed by atoms with Crippen LogP contribution in [0, 0.1) is 11.6 Å².